The van der Waals surface area contributed by atoms with Crippen LogP contribution in [-0.4, -0.2) is 22.4 Å². The largest absolute Gasteiger partial charge is 0.508 e. The van der Waals surface area contributed by atoms with Crippen LogP contribution in [0.1, 0.15) is 26.3 Å². The van der Waals surface area contributed by atoms with E-state index >= 15 is 0 Å². The van der Waals surface area contributed by atoms with Crippen molar-refractivity contribution in [2.45, 2.75) is 32.1 Å². The van der Waals surface area contributed by atoms with Gasteiger partial charge < -0.3 is 9.84 Å². The first-order valence-corrected chi connectivity index (χ1v) is 6.60. The van der Waals surface area contributed by atoms with E-state index in [9.17, 15) is 4.79 Å². The summed E-state index contributed by atoms with van der Waals surface area (Å²) in [6.45, 7) is 5.57. The highest BCUT2D eigenvalue weighted by atomic mass is 32.2. The van der Waals surface area contributed by atoms with Gasteiger partial charge in [0.05, 0.1) is 5.75 Å². The number of hydrogen-bond acceptors (Lipinski definition) is 4. The summed E-state index contributed by atoms with van der Waals surface area (Å²) in [5.41, 5.74) is 0.660. The summed E-state index contributed by atoms with van der Waals surface area (Å²) in [6, 6.07) is 6.97. The second kappa shape index (κ2) is 5.96. The lowest BCUT2D eigenvalue weighted by atomic mass is 10.2. The zero-order valence-electron chi connectivity index (χ0n) is 10.4. The Morgan fingerprint density at radius 3 is 2.41 bits per heavy atom. The van der Waals surface area contributed by atoms with Crippen molar-refractivity contribution in [3.8, 4) is 5.75 Å². The molecule has 0 radical (unpaired) electrons. The molecule has 4 heteroatoms. The average molecular weight is 254 g/mol. The molecule has 0 aliphatic heterocycles. The van der Waals surface area contributed by atoms with E-state index in [2.05, 4.69) is 0 Å². The lowest BCUT2D eigenvalue weighted by Gasteiger charge is -2.19. The number of esters is 1. The molecule has 0 aliphatic rings. The highest BCUT2D eigenvalue weighted by Crippen LogP contribution is 2.17. The number of thioether (sulfide) groups is 1. The number of carbonyl (C=O) groups excluding carboxylic acids is 1. The fraction of sp³-hybridized carbons (Fsp3) is 0.462. The Kier molecular flexibility index (Phi) is 4.87. The van der Waals surface area contributed by atoms with Crippen LogP contribution in [0, 0.1) is 0 Å². The van der Waals surface area contributed by atoms with Gasteiger partial charge in [-0.25, -0.2) is 0 Å². The zero-order chi connectivity index (χ0) is 12.9. The van der Waals surface area contributed by atoms with Crippen molar-refractivity contribution < 1.29 is 14.6 Å². The number of hydrogen-bond donors (Lipinski definition) is 1. The average Bonchev–Trinajstić information content (AvgIpc) is 2.18. The molecule has 94 valence electrons. The molecule has 1 aromatic rings. The summed E-state index contributed by atoms with van der Waals surface area (Å²) in [7, 11) is 0. The minimum absolute atomic E-state index is 0.193. The topological polar surface area (TPSA) is 46.5 Å². The van der Waals surface area contributed by atoms with Gasteiger partial charge in [-0.3, -0.25) is 4.79 Å². The third kappa shape index (κ3) is 6.22. The van der Waals surface area contributed by atoms with Gasteiger partial charge in [-0.2, -0.15) is 0 Å². The van der Waals surface area contributed by atoms with Crippen LogP contribution in [-0.2, 0) is 15.3 Å². The summed E-state index contributed by atoms with van der Waals surface area (Å²) in [5, 5.41) is 9.12. The van der Waals surface area contributed by atoms with E-state index in [0.717, 1.165) is 11.3 Å². The predicted octanol–water partition coefficient (Wildman–Crippen LogP) is 2.97. The number of carbonyl (C=O) groups is 1. The molecule has 0 aromatic heterocycles. The summed E-state index contributed by atoms with van der Waals surface area (Å²) in [6.07, 6.45) is 0. The quantitative estimate of drug-likeness (QED) is 0.839. The standard InChI is InChI=1S/C13H18O3S/c1-13(2,3)16-12(15)9-17-8-10-4-6-11(14)7-5-10/h4-7,14H,8-9H2,1-3H3. The molecule has 1 aromatic carbocycles. The number of rotatable bonds is 4. The Morgan fingerprint density at radius 1 is 1.29 bits per heavy atom. The lowest BCUT2D eigenvalue weighted by molar-refractivity contribution is -0.151. The molecule has 17 heavy (non-hydrogen) atoms. The lowest BCUT2D eigenvalue weighted by Crippen LogP contribution is -2.24. The fourth-order valence-electron chi connectivity index (χ4n) is 1.22. The second-order valence-corrected chi connectivity index (χ2v) is 5.73. The first kappa shape index (κ1) is 13.9. The normalized spacial score (nSPS) is 11.2. The number of ether oxygens (including phenoxy) is 1. The molecule has 0 spiro atoms. The van der Waals surface area contributed by atoms with E-state index in [4.69, 9.17) is 9.84 Å². The maximum Gasteiger partial charge on any atom is 0.316 e. The van der Waals surface area contributed by atoms with Gasteiger partial charge in [0.2, 0.25) is 0 Å². The van der Waals surface area contributed by atoms with Crippen molar-refractivity contribution in [1.29, 1.82) is 0 Å². The van der Waals surface area contributed by atoms with Gasteiger partial charge in [-0.1, -0.05) is 12.1 Å². The Bertz CT molecular complexity index is 365. The van der Waals surface area contributed by atoms with Gasteiger partial charge in [-0.05, 0) is 38.5 Å². The van der Waals surface area contributed by atoms with Crippen molar-refractivity contribution in [3.63, 3.8) is 0 Å². The Balaban J connectivity index is 2.28. The Morgan fingerprint density at radius 2 is 1.88 bits per heavy atom. The molecule has 1 N–H and O–H groups in total. The van der Waals surface area contributed by atoms with Crippen LogP contribution in [0.25, 0.3) is 0 Å². The third-order valence-electron chi connectivity index (χ3n) is 1.85. The zero-order valence-corrected chi connectivity index (χ0v) is 11.2. The van der Waals surface area contributed by atoms with Gasteiger partial charge >= 0.3 is 5.97 Å². The van der Waals surface area contributed by atoms with Gasteiger partial charge in [0, 0.05) is 5.75 Å². The van der Waals surface area contributed by atoms with E-state index in [-0.39, 0.29) is 11.7 Å². The number of phenols is 1. The Hall–Kier alpha value is -1.16. The van der Waals surface area contributed by atoms with Gasteiger partial charge in [0.15, 0.2) is 0 Å². The monoisotopic (exact) mass is 254 g/mol. The van der Waals surface area contributed by atoms with E-state index in [1.165, 1.54) is 11.8 Å². The first-order chi connectivity index (χ1) is 7.87. The summed E-state index contributed by atoms with van der Waals surface area (Å²) < 4.78 is 5.19. The smallest absolute Gasteiger partial charge is 0.316 e. The summed E-state index contributed by atoms with van der Waals surface area (Å²) in [4.78, 5) is 11.4. The minimum Gasteiger partial charge on any atom is -0.508 e. The molecule has 1 rings (SSSR count). The molecule has 0 saturated heterocycles. The van der Waals surface area contributed by atoms with Crippen molar-refractivity contribution >= 4 is 17.7 Å². The Labute approximate surface area is 106 Å². The first-order valence-electron chi connectivity index (χ1n) is 5.44. The molecule has 0 bridgehead atoms. The van der Waals surface area contributed by atoms with Crippen LogP contribution in [0.4, 0.5) is 0 Å². The minimum atomic E-state index is -0.420. The fourth-order valence-corrected chi connectivity index (χ4v) is 1.97. The molecule has 0 unspecified atom stereocenters. The molecular weight excluding hydrogens is 236 g/mol. The van der Waals surface area contributed by atoms with E-state index in [1.807, 2.05) is 32.9 Å². The van der Waals surface area contributed by atoms with Gasteiger partial charge in [0.1, 0.15) is 11.4 Å². The molecule has 0 fully saturated rings. The number of benzene rings is 1. The van der Waals surface area contributed by atoms with Crippen LogP contribution in [0.3, 0.4) is 0 Å². The maximum absolute atomic E-state index is 11.4. The molecule has 3 nitrogen and oxygen atoms in total. The highest BCUT2D eigenvalue weighted by Gasteiger charge is 2.15. The molecule has 0 aliphatic carbocycles. The molecular formula is C13H18O3S. The van der Waals surface area contributed by atoms with Crippen LogP contribution in [0.5, 0.6) is 5.75 Å². The van der Waals surface area contributed by atoms with Gasteiger partial charge in [-0.15, -0.1) is 11.8 Å². The van der Waals surface area contributed by atoms with Crippen molar-refractivity contribution in [2.75, 3.05) is 5.75 Å². The SMILES string of the molecule is CC(C)(C)OC(=O)CSCc1ccc(O)cc1. The summed E-state index contributed by atoms with van der Waals surface area (Å²) >= 11 is 1.50. The third-order valence-corrected chi connectivity index (χ3v) is 2.82. The van der Waals surface area contributed by atoms with Crippen LogP contribution < -0.4 is 0 Å². The number of aromatic hydroxyl groups is 1. The van der Waals surface area contributed by atoms with E-state index < -0.39 is 5.60 Å². The number of phenolic OH excluding ortho intramolecular Hbond substituents is 1. The highest BCUT2D eigenvalue weighted by molar-refractivity contribution is 7.99. The maximum atomic E-state index is 11.4. The van der Waals surface area contributed by atoms with Crippen molar-refractivity contribution in [1.82, 2.24) is 0 Å². The second-order valence-electron chi connectivity index (χ2n) is 4.75. The van der Waals surface area contributed by atoms with Crippen LogP contribution in [0.15, 0.2) is 24.3 Å². The van der Waals surface area contributed by atoms with Gasteiger partial charge in [0.25, 0.3) is 0 Å². The van der Waals surface area contributed by atoms with Crippen LogP contribution >= 0.6 is 11.8 Å². The molecule has 0 amide bonds. The molecule has 0 heterocycles. The van der Waals surface area contributed by atoms with E-state index in [1.54, 1.807) is 12.1 Å². The van der Waals surface area contributed by atoms with Crippen molar-refractivity contribution in [3.05, 3.63) is 29.8 Å². The van der Waals surface area contributed by atoms with Crippen LogP contribution in [0.2, 0.25) is 0 Å². The van der Waals surface area contributed by atoms with E-state index in [0.29, 0.717) is 5.75 Å². The predicted molar refractivity (Wildman–Crippen MR) is 70.1 cm³/mol. The van der Waals surface area contributed by atoms with Crippen molar-refractivity contribution in [2.24, 2.45) is 0 Å². The molecule has 0 saturated carbocycles. The molecule has 0 atom stereocenters. The summed E-state index contributed by atoms with van der Waals surface area (Å²) in [5.74, 6) is 1.14.